The van der Waals surface area contributed by atoms with Crippen LogP contribution in [-0.2, 0) is 11.2 Å². The third-order valence-electron chi connectivity index (χ3n) is 3.22. The Bertz CT molecular complexity index is 472. The molecule has 0 unspecified atom stereocenters. The van der Waals surface area contributed by atoms with E-state index in [0.717, 1.165) is 42.2 Å². The number of aryl methyl sites for hydroxylation is 1. The van der Waals surface area contributed by atoms with Crippen LogP contribution in [0.2, 0.25) is 0 Å². The summed E-state index contributed by atoms with van der Waals surface area (Å²) >= 11 is 3.50. The molecular formula is C15H24BrN3O. The van der Waals surface area contributed by atoms with Crippen molar-refractivity contribution in [1.82, 2.24) is 9.97 Å². The van der Waals surface area contributed by atoms with Gasteiger partial charge < -0.3 is 9.64 Å². The summed E-state index contributed by atoms with van der Waals surface area (Å²) in [6.45, 7) is 12.3. The van der Waals surface area contributed by atoms with Gasteiger partial charge in [-0.15, -0.1) is 0 Å². The number of anilines is 1. The highest BCUT2D eigenvalue weighted by Crippen LogP contribution is 2.31. The van der Waals surface area contributed by atoms with E-state index in [1.807, 2.05) is 6.07 Å². The predicted octanol–water partition coefficient (Wildman–Crippen LogP) is 3.59. The third-order valence-corrected chi connectivity index (χ3v) is 3.63. The van der Waals surface area contributed by atoms with Crippen molar-refractivity contribution in [3.63, 3.8) is 0 Å². The van der Waals surface area contributed by atoms with E-state index < -0.39 is 0 Å². The Balaban J connectivity index is 2.30. The zero-order valence-electron chi connectivity index (χ0n) is 13.0. The molecule has 1 saturated heterocycles. The minimum atomic E-state index is -0.176. The maximum absolute atomic E-state index is 6.12. The molecular weight excluding hydrogens is 318 g/mol. The van der Waals surface area contributed by atoms with Gasteiger partial charge in [-0.25, -0.2) is 9.97 Å². The van der Waals surface area contributed by atoms with Crippen molar-refractivity contribution in [3.8, 4) is 0 Å². The average Bonchev–Trinajstić information content (AvgIpc) is 2.24. The van der Waals surface area contributed by atoms with Gasteiger partial charge in [0.1, 0.15) is 16.2 Å². The molecule has 2 heterocycles. The summed E-state index contributed by atoms with van der Waals surface area (Å²) in [5.74, 6) is 1.89. The molecule has 0 aliphatic carbocycles. The van der Waals surface area contributed by atoms with Gasteiger partial charge in [-0.05, 0) is 50.0 Å². The molecule has 1 fully saturated rings. The number of ether oxygens (including phenoxy) is 1. The van der Waals surface area contributed by atoms with Gasteiger partial charge in [0.15, 0.2) is 0 Å². The molecule has 5 heteroatoms. The Kier molecular flexibility index (Phi) is 4.40. The van der Waals surface area contributed by atoms with Crippen molar-refractivity contribution in [2.45, 2.75) is 58.7 Å². The lowest BCUT2D eigenvalue weighted by atomic mass is 9.99. The maximum Gasteiger partial charge on any atom is 0.133 e. The quantitative estimate of drug-likeness (QED) is 0.787. The second-order valence-electron chi connectivity index (χ2n) is 6.69. The van der Waals surface area contributed by atoms with Crippen molar-refractivity contribution in [2.75, 3.05) is 18.0 Å². The minimum Gasteiger partial charge on any atom is -0.366 e. The second-order valence-corrected chi connectivity index (χ2v) is 7.51. The topological polar surface area (TPSA) is 38.2 Å². The van der Waals surface area contributed by atoms with Gasteiger partial charge in [0.05, 0.1) is 11.2 Å². The molecule has 0 amide bonds. The van der Waals surface area contributed by atoms with Crippen LogP contribution in [-0.4, -0.2) is 34.3 Å². The zero-order valence-corrected chi connectivity index (χ0v) is 14.6. The largest absolute Gasteiger partial charge is 0.366 e. The van der Waals surface area contributed by atoms with Gasteiger partial charge in [-0.3, -0.25) is 0 Å². The predicted molar refractivity (Wildman–Crippen MR) is 85.2 cm³/mol. The van der Waals surface area contributed by atoms with Crippen LogP contribution in [0.15, 0.2) is 10.7 Å². The highest BCUT2D eigenvalue weighted by atomic mass is 79.9. The highest BCUT2D eigenvalue weighted by Gasteiger charge is 2.38. The molecule has 0 aromatic carbocycles. The molecule has 4 nitrogen and oxygen atoms in total. The molecule has 112 valence electrons. The minimum absolute atomic E-state index is 0.176. The summed E-state index contributed by atoms with van der Waals surface area (Å²) < 4.78 is 6.98. The molecule has 1 aliphatic rings. The molecule has 0 atom stereocenters. The summed E-state index contributed by atoms with van der Waals surface area (Å²) in [4.78, 5) is 11.4. The van der Waals surface area contributed by atoms with E-state index in [0.29, 0.717) is 0 Å². The Morgan fingerprint density at radius 1 is 1.20 bits per heavy atom. The number of morpholine rings is 1. The van der Waals surface area contributed by atoms with E-state index in [-0.39, 0.29) is 11.2 Å². The molecule has 0 N–H and O–H groups in total. The number of halogens is 1. The molecule has 1 aromatic rings. The summed E-state index contributed by atoms with van der Waals surface area (Å²) in [7, 11) is 0. The van der Waals surface area contributed by atoms with Crippen LogP contribution in [0.5, 0.6) is 0 Å². The molecule has 1 aliphatic heterocycles. The van der Waals surface area contributed by atoms with Gasteiger partial charge in [0.2, 0.25) is 0 Å². The van der Waals surface area contributed by atoms with Gasteiger partial charge >= 0.3 is 0 Å². The monoisotopic (exact) mass is 341 g/mol. The van der Waals surface area contributed by atoms with Crippen molar-refractivity contribution in [3.05, 3.63) is 16.5 Å². The zero-order chi connectivity index (χ0) is 15.0. The fraction of sp³-hybridized carbons (Fsp3) is 0.733. The van der Waals surface area contributed by atoms with Crippen molar-refractivity contribution < 1.29 is 4.74 Å². The Morgan fingerprint density at radius 3 is 2.35 bits per heavy atom. The first kappa shape index (κ1) is 15.7. The van der Waals surface area contributed by atoms with Crippen LogP contribution in [0.1, 0.15) is 46.9 Å². The molecule has 0 saturated carbocycles. The van der Waals surface area contributed by atoms with E-state index in [1.165, 1.54) is 0 Å². The van der Waals surface area contributed by atoms with Gasteiger partial charge in [0, 0.05) is 25.6 Å². The van der Waals surface area contributed by atoms with Crippen molar-refractivity contribution >= 4 is 21.7 Å². The van der Waals surface area contributed by atoms with Crippen LogP contribution in [0.3, 0.4) is 0 Å². The summed E-state index contributed by atoms with van der Waals surface area (Å²) in [6, 6.07) is 2.00. The smallest absolute Gasteiger partial charge is 0.133 e. The number of hydrogen-bond acceptors (Lipinski definition) is 4. The molecule has 0 spiro atoms. The maximum atomic E-state index is 6.12. The first-order chi connectivity index (χ1) is 9.21. The van der Waals surface area contributed by atoms with Gasteiger partial charge in [-0.1, -0.05) is 6.92 Å². The lowest BCUT2D eigenvalue weighted by molar-refractivity contribution is -0.133. The van der Waals surface area contributed by atoms with E-state index in [2.05, 4.69) is 60.4 Å². The third kappa shape index (κ3) is 3.92. The normalized spacial score (nSPS) is 21.0. The lowest BCUT2D eigenvalue weighted by Gasteiger charge is -2.47. The summed E-state index contributed by atoms with van der Waals surface area (Å²) in [5.41, 5.74) is -0.353. The molecule has 0 bridgehead atoms. The molecule has 1 aromatic heterocycles. The van der Waals surface area contributed by atoms with Crippen LogP contribution in [0.25, 0.3) is 0 Å². The van der Waals surface area contributed by atoms with E-state index >= 15 is 0 Å². The SMILES string of the molecule is CCCc1nc(Br)cc(N2CC(C)(C)OC(C)(C)C2)n1. The Labute approximate surface area is 130 Å². The standard InChI is InChI=1S/C15H24BrN3O/c1-6-7-12-17-11(16)8-13(18-12)19-9-14(2,3)20-15(4,5)10-19/h8H,6-7,9-10H2,1-5H3. The Morgan fingerprint density at radius 2 is 1.80 bits per heavy atom. The molecule has 0 radical (unpaired) electrons. The lowest BCUT2D eigenvalue weighted by Crippen LogP contribution is -2.57. The van der Waals surface area contributed by atoms with Gasteiger partial charge in [-0.2, -0.15) is 0 Å². The fourth-order valence-electron chi connectivity index (χ4n) is 2.90. The van der Waals surface area contributed by atoms with Crippen LogP contribution < -0.4 is 4.90 Å². The van der Waals surface area contributed by atoms with E-state index in [1.54, 1.807) is 0 Å². The molecule has 2 rings (SSSR count). The number of hydrogen-bond donors (Lipinski definition) is 0. The van der Waals surface area contributed by atoms with Crippen molar-refractivity contribution in [1.29, 1.82) is 0 Å². The second kappa shape index (κ2) is 5.60. The van der Waals surface area contributed by atoms with Crippen LogP contribution in [0.4, 0.5) is 5.82 Å². The first-order valence-corrected chi connectivity index (χ1v) is 7.99. The summed E-state index contributed by atoms with van der Waals surface area (Å²) in [5, 5.41) is 0. The van der Waals surface area contributed by atoms with E-state index in [4.69, 9.17) is 9.72 Å². The first-order valence-electron chi connectivity index (χ1n) is 7.19. The number of nitrogens with zero attached hydrogens (tertiary/aromatic N) is 3. The Hall–Kier alpha value is -0.680. The van der Waals surface area contributed by atoms with Crippen molar-refractivity contribution in [2.24, 2.45) is 0 Å². The summed E-state index contributed by atoms with van der Waals surface area (Å²) in [6.07, 6.45) is 1.96. The van der Waals surface area contributed by atoms with Crippen LogP contribution >= 0.6 is 15.9 Å². The molecule has 20 heavy (non-hydrogen) atoms. The number of rotatable bonds is 3. The van der Waals surface area contributed by atoms with Gasteiger partial charge in [0.25, 0.3) is 0 Å². The van der Waals surface area contributed by atoms with Crippen LogP contribution in [0, 0.1) is 0 Å². The number of aromatic nitrogens is 2. The highest BCUT2D eigenvalue weighted by molar-refractivity contribution is 9.10. The fourth-order valence-corrected chi connectivity index (χ4v) is 3.31. The van der Waals surface area contributed by atoms with E-state index in [9.17, 15) is 0 Å². The average molecular weight is 342 g/mol.